The fourth-order valence-corrected chi connectivity index (χ4v) is 1.63. The fraction of sp³-hybridized carbons (Fsp3) is 0.154. The van der Waals surface area contributed by atoms with Gasteiger partial charge in [0, 0.05) is 30.6 Å². The first-order chi connectivity index (χ1) is 8.25. The van der Waals surface area contributed by atoms with Gasteiger partial charge in [-0.1, -0.05) is 11.6 Å². The molecule has 2 aromatic rings. The molecular weight excluding hydrogens is 236 g/mol. The molecule has 0 saturated heterocycles. The number of nitrogens with two attached hydrogens (primary N) is 1. The second-order valence-corrected chi connectivity index (χ2v) is 4.05. The topological polar surface area (TPSA) is 48.1 Å². The van der Waals surface area contributed by atoms with E-state index in [0.717, 1.165) is 6.42 Å². The number of benzene rings is 1. The number of nitrogen functional groups attached to an aromatic ring is 1. The molecule has 0 radical (unpaired) electrons. The smallest absolute Gasteiger partial charge is 0.139 e. The third kappa shape index (κ3) is 3.36. The second kappa shape index (κ2) is 5.55. The Morgan fingerprint density at radius 3 is 2.71 bits per heavy atom. The lowest BCUT2D eigenvalue weighted by Gasteiger charge is -2.08. The Balaban J connectivity index is 1.92. The van der Waals surface area contributed by atoms with Crippen LogP contribution in [0, 0.1) is 0 Å². The molecule has 88 valence electrons. The third-order valence-electron chi connectivity index (χ3n) is 2.35. The van der Waals surface area contributed by atoms with Crippen molar-refractivity contribution in [3.8, 4) is 5.75 Å². The Morgan fingerprint density at radius 2 is 1.94 bits per heavy atom. The number of halogens is 1. The quantitative estimate of drug-likeness (QED) is 0.847. The van der Waals surface area contributed by atoms with Crippen molar-refractivity contribution in [3.05, 3.63) is 53.3 Å². The number of hydrogen-bond acceptors (Lipinski definition) is 3. The van der Waals surface area contributed by atoms with Crippen molar-refractivity contribution in [2.75, 3.05) is 12.3 Å². The van der Waals surface area contributed by atoms with Crippen LogP contribution in [-0.2, 0) is 6.42 Å². The van der Waals surface area contributed by atoms with Crippen LogP contribution in [0.3, 0.4) is 0 Å². The Bertz CT molecular complexity index is 488. The standard InChI is InChI=1S/C13H13ClN2O/c14-12-2-1-11(15)9-13(12)17-8-5-10-3-6-16-7-4-10/h1-4,6-7,9H,5,8,15H2. The summed E-state index contributed by atoms with van der Waals surface area (Å²) < 4.78 is 5.59. The lowest BCUT2D eigenvalue weighted by atomic mass is 10.2. The van der Waals surface area contributed by atoms with Crippen molar-refractivity contribution >= 4 is 17.3 Å². The molecule has 2 N–H and O–H groups in total. The van der Waals surface area contributed by atoms with Crippen LogP contribution in [-0.4, -0.2) is 11.6 Å². The van der Waals surface area contributed by atoms with E-state index in [9.17, 15) is 0 Å². The summed E-state index contributed by atoms with van der Waals surface area (Å²) in [5.41, 5.74) is 7.49. The van der Waals surface area contributed by atoms with E-state index in [1.165, 1.54) is 5.56 Å². The normalized spacial score (nSPS) is 10.2. The number of nitrogens with zero attached hydrogens (tertiary/aromatic N) is 1. The Hall–Kier alpha value is -1.74. The first-order valence-corrected chi connectivity index (χ1v) is 5.70. The summed E-state index contributed by atoms with van der Waals surface area (Å²) >= 11 is 5.99. The molecule has 0 atom stereocenters. The molecule has 0 fully saturated rings. The van der Waals surface area contributed by atoms with Crippen LogP contribution in [0.5, 0.6) is 5.75 Å². The zero-order valence-electron chi connectivity index (χ0n) is 9.27. The monoisotopic (exact) mass is 248 g/mol. The zero-order chi connectivity index (χ0) is 12.1. The minimum atomic E-state index is 0.563. The SMILES string of the molecule is Nc1ccc(Cl)c(OCCc2ccncc2)c1. The minimum absolute atomic E-state index is 0.563. The van der Waals surface area contributed by atoms with E-state index in [-0.39, 0.29) is 0 Å². The fourth-order valence-electron chi connectivity index (χ4n) is 1.46. The molecule has 0 aliphatic heterocycles. The van der Waals surface area contributed by atoms with Crippen LogP contribution in [0.2, 0.25) is 5.02 Å². The number of pyridine rings is 1. The summed E-state index contributed by atoms with van der Waals surface area (Å²) in [4.78, 5) is 3.96. The summed E-state index contributed by atoms with van der Waals surface area (Å²) in [7, 11) is 0. The molecule has 2 rings (SSSR count). The van der Waals surface area contributed by atoms with Crippen molar-refractivity contribution < 1.29 is 4.74 Å². The molecule has 0 bridgehead atoms. The van der Waals surface area contributed by atoms with Gasteiger partial charge in [-0.2, -0.15) is 0 Å². The van der Waals surface area contributed by atoms with Gasteiger partial charge < -0.3 is 10.5 Å². The molecule has 4 heteroatoms. The van der Waals surface area contributed by atoms with E-state index >= 15 is 0 Å². The van der Waals surface area contributed by atoms with Gasteiger partial charge in [0.05, 0.1) is 11.6 Å². The summed E-state index contributed by atoms with van der Waals surface area (Å²) in [6.07, 6.45) is 4.35. The molecule has 17 heavy (non-hydrogen) atoms. The van der Waals surface area contributed by atoms with Crippen LogP contribution in [0.4, 0.5) is 5.69 Å². The van der Waals surface area contributed by atoms with Gasteiger partial charge in [0.1, 0.15) is 5.75 Å². The molecule has 0 saturated carbocycles. The average molecular weight is 249 g/mol. The van der Waals surface area contributed by atoms with Gasteiger partial charge in [-0.3, -0.25) is 4.98 Å². The van der Waals surface area contributed by atoms with E-state index in [1.54, 1.807) is 30.6 Å². The highest BCUT2D eigenvalue weighted by Gasteiger charge is 2.02. The molecule has 0 aliphatic carbocycles. The molecule has 1 aromatic heterocycles. The Morgan fingerprint density at radius 1 is 1.18 bits per heavy atom. The summed E-state index contributed by atoms with van der Waals surface area (Å²) in [5, 5.41) is 0.578. The molecule has 0 spiro atoms. The number of ether oxygens (including phenoxy) is 1. The highest BCUT2D eigenvalue weighted by Crippen LogP contribution is 2.26. The van der Waals surface area contributed by atoms with Gasteiger partial charge in [0.25, 0.3) is 0 Å². The van der Waals surface area contributed by atoms with E-state index in [2.05, 4.69) is 4.98 Å². The van der Waals surface area contributed by atoms with Crippen molar-refractivity contribution in [1.29, 1.82) is 0 Å². The second-order valence-electron chi connectivity index (χ2n) is 3.64. The van der Waals surface area contributed by atoms with Crippen LogP contribution >= 0.6 is 11.6 Å². The van der Waals surface area contributed by atoms with E-state index in [0.29, 0.717) is 23.1 Å². The van der Waals surface area contributed by atoms with Crippen molar-refractivity contribution in [1.82, 2.24) is 4.98 Å². The molecule has 0 unspecified atom stereocenters. The maximum Gasteiger partial charge on any atom is 0.139 e. The van der Waals surface area contributed by atoms with Gasteiger partial charge >= 0.3 is 0 Å². The lowest BCUT2D eigenvalue weighted by molar-refractivity contribution is 0.322. The van der Waals surface area contributed by atoms with Crippen LogP contribution in [0.25, 0.3) is 0 Å². The van der Waals surface area contributed by atoms with Crippen molar-refractivity contribution in [3.63, 3.8) is 0 Å². The molecular formula is C13H13ClN2O. The molecule has 0 amide bonds. The highest BCUT2D eigenvalue weighted by molar-refractivity contribution is 6.32. The van der Waals surface area contributed by atoms with Crippen LogP contribution < -0.4 is 10.5 Å². The van der Waals surface area contributed by atoms with Gasteiger partial charge in [-0.05, 0) is 29.8 Å². The van der Waals surface area contributed by atoms with E-state index in [1.807, 2.05) is 12.1 Å². The van der Waals surface area contributed by atoms with Gasteiger partial charge in [-0.25, -0.2) is 0 Å². The van der Waals surface area contributed by atoms with Gasteiger partial charge in [0.2, 0.25) is 0 Å². The Kier molecular flexibility index (Phi) is 3.83. The Labute approximate surface area is 105 Å². The molecule has 0 aliphatic rings. The highest BCUT2D eigenvalue weighted by atomic mass is 35.5. The number of rotatable bonds is 4. The summed E-state index contributed by atoms with van der Waals surface area (Å²) in [6, 6.07) is 9.14. The van der Waals surface area contributed by atoms with Crippen molar-refractivity contribution in [2.45, 2.75) is 6.42 Å². The maximum absolute atomic E-state index is 5.99. The van der Waals surface area contributed by atoms with Crippen LogP contribution in [0.15, 0.2) is 42.7 Å². The maximum atomic E-state index is 5.99. The van der Waals surface area contributed by atoms with Gasteiger partial charge in [0.15, 0.2) is 0 Å². The minimum Gasteiger partial charge on any atom is -0.492 e. The largest absolute Gasteiger partial charge is 0.492 e. The summed E-state index contributed by atoms with van der Waals surface area (Å²) in [6.45, 7) is 0.563. The number of hydrogen-bond donors (Lipinski definition) is 1. The van der Waals surface area contributed by atoms with Crippen LogP contribution in [0.1, 0.15) is 5.56 Å². The zero-order valence-corrected chi connectivity index (χ0v) is 10.0. The lowest BCUT2D eigenvalue weighted by Crippen LogP contribution is -2.02. The first-order valence-electron chi connectivity index (χ1n) is 5.32. The number of anilines is 1. The van der Waals surface area contributed by atoms with E-state index in [4.69, 9.17) is 22.1 Å². The predicted molar refractivity (Wildman–Crippen MR) is 69.3 cm³/mol. The first kappa shape index (κ1) is 11.7. The molecule has 1 heterocycles. The van der Waals surface area contributed by atoms with Crippen molar-refractivity contribution in [2.24, 2.45) is 0 Å². The average Bonchev–Trinajstić information content (AvgIpc) is 2.35. The molecule has 1 aromatic carbocycles. The summed E-state index contributed by atoms with van der Waals surface area (Å²) in [5.74, 6) is 0.626. The van der Waals surface area contributed by atoms with E-state index < -0.39 is 0 Å². The number of aromatic nitrogens is 1. The third-order valence-corrected chi connectivity index (χ3v) is 2.67. The van der Waals surface area contributed by atoms with Gasteiger partial charge in [-0.15, -0.1) is 0 Å². The molecule has 3 nitrogen and oxygen atoms in total. The predicted octanol–water partition coefficient (Wildman–Crippen LogP) is 2.94.